The van der Waals surface area contributed by atoms with E-state index in [1.807, 2.05) is 0 Å². The van der Waals surface area contributed by atoms with Crippen LogP contribution in [0.4, 0.5) is 0 Å². The number of amides is 1. The summed E-state index contributed by atoms with van der Waals surface area (Å²) in [5, 5.41) is 2.51. The second-order valence-corrected chi connectivity index (χ2v) is 6.97. The molecule has 1 aromatic rings. The van der Waals surface area contributed by atoms with E-state index < -0.39 is 28.5 Å². The maximum Gasteiger partial charge on any atom is 0.338 e. The fraction of sp³-hybridized carbons (Fsp3) is 0.500. The lowest BCUT2D eigenvalue weighted by atomic mass is 10.2. The Hall–Kier alpha value is -1.97. The molecule has 0 aliphatic rings. The lowest BCUT2D eigenvalue weighted by Crippen LogP contribution is -2.31. The number of rotatable bonds is 10. The summed E-state index contributed by atoms with van der Waals surface area (Å²) in [4.78, 5) is 23.5. The molecule has 25 heavy (non-hydrogen) atoms. The van der Waals surface area contributed by atoms with E-state index in [2.05, 4.69) is 5.32 Å². The third kappa shape index (κ3) is 6.11. The van der Waals surface area contributed by atoms with E-state index in [0.717, 1.165) is 0 Å². The lowest BCUT2D eigenvalue weighted by molar-refractivity contribution is -0.124. The zero-order valence-electron chi connectivity index (χ0n) is 14.6. The van der Waals surface area contributed by atoms with Gasteiger partial charge in [0.05, 0.1) is 17.1 Å². The van der Waals surface area contributed by atoms with Gasteiger partial charge in [-0.15, -0.1) is 0 Å². The Bertz CT molecular complexity index is 686. The van der Waals surface area contributed by atoms with Gasteiger partial charge in [0, 0.05) is 26.7 Å². The van der Waals surface area contributed by atoms with E-state index in [0.29, 0.717) is 26.2 Å². The molecule has 8 nitrogen and oxygen atoms in total. The molecule has 0 radical (unpaired) electrons. The Morgan fingerprint density at radius 2 is 1.88 bits per heavy atom. The Morgan fingerprint density at radius 1 is 1.20 bits per heavy atom. The highest BCUT2D eigenvalue weighted by Gasteiger charge is 2.23. The second-order valence-electron chi connectivity index (χ2n) is 5.04. The molecule has 140 valence electrons. The van der Waals surface area contributed by atoms with Gasteiger partial charge in [-0.2, -0.15) is 4.31 Å². The van der Waals surface area contributed by atoms with Gasteiger partial charge in [-0.1, -0.05) is 19.9 Å². The predicted octanol–water partition coefficient (Wildman–Crippen LogP) is 0.637. The molecule has 9 heteroatoms. The SMILES string of the molecule is CCN(CC)S(=O)(=O)c1cccc(C(=O)OCC(=O)NCCOC)c1. The first-order valence-electron chi connectivity index (χ1n) is 7.89. The fourth-order valence-corrected chi connectivity index (χ4v) is 3.56. The van der Waals surface area contributed by atoms with Crippen LogP contribution in [-0.2, 0) is 24.3 Å². The van der Waals surface area contributed by atoms with Crippen molar-refractivity contribution < 1.29 is 27.5 Å². The number of esters is 1. The molecule has 0 spiro atoms. The molecule has 0 atom stereocenters. The van der Waals surface area contributed by atoms with Crippen molar-refractivity contribution in [2.24, 2.45) is 0 Å². The maximum atomic E-state index is 12.5. The molecule has 0 fully saturated rings. The van der Waals surface area contributed by atoms with Gasteiger partial charge in [-0.25, -0.2) is 13.2 Å². The summed E-state index contributed by atoms with van der Waals surface area (Å²) in [6.45, 7) is 4.35. The average molecular weight is 372 g/mol. The Labute approximate surface area is 148 Å². The highest BCUT2D eigenvalue weighted by Crippen LogP contribution is 2.17. The van der Waals surface area contributed by atoms with Gasteiger partial charge in [0.2, 0.25) is 10.0 Å². The Kier molecular flexibility index (Phi) is 8.53. The topological polar surface area (TPSA) is 102 Å². The van der Waals surface area contributed by atoms with Crippen molar-refractivity contribution in [3.8, 4) is 0 Å². The van der Waals surface area contributed by atoms with Gasteiger partial charge in [0.25, 0.3) is 5.91 Å². The number of ether oxygens (including phenoxy) is 2. The summed E-state index contributed by atoms with van der Waals surface area (Å²) >= 11 is 0. The molecule has 0 saturated heterocycles. The predicted molar refractivity (Wildman–Crippen MR) is 91.7 cm³/mol. The lowest BCUT2D eigenvalue weighted by Gasteiger charge is -2.18. The number of nitrogens with one attached hydrogen (secondary N) is 1. The van der Waals surface area contributed by atoms with E-state index in [4.69, 9.17) is 9.47 Å². The standard InChI is InChI=1S/C16H24N2O6S/c1-4-18(5-2)25(21,22)14-8-6-7-13(11-14)16(20)24-12-15(19)17-9-10-23-3/h6-8,11H,4-5,9-10,12H2,1-3H3,(H,17,19). The van der Waals surface area contributed by atoms with Crippen LogP contribution in [0, 0.1) is 0 Å². The van der Waals surface area contributed by atoms with Gasteiger partial charge in [-0.3, -0.25) is 4.79 Å². The van der Waals surface area contributed by atoms with Crippen molar-refractivity contribution in [2.75, 3.05) is 40.0 Å². The van der Waals surface area contributed by atoms with Crippen LogP contribution in [-0.4, -0.2) is 64.6 Å². The van der Waals surface area contributed by atoms with Crippen LogP contribution >= 0.6 is 0 Å². The molecule has 0 heterocycles. The fourth-order valence-electron chi connectivity index (χ4n) is 2.05. The molecule has 0 unspecified atom stereocenters. The van der Waals surface area contributed by atoms with E-state index >= 15 is 0 Å². The normalized spacial score (nSPS) is 11.4. The Balaban J connectivity index is 2.77. The summed E-state index contributed by atoms with van der Waals surface area (Å²) in [5.74, 6) is -1.23. The number of hydrogen-bond acceptors (Lipinski definition) is 6. The monoisotopic (exact) mass is 372 g/mol. The van der Waals surface area contributed by atoms with Crippen LogP contribution in [0.2, 0.25) is 0 Å². The van der Waals surface area contributed by atoms with Crippen LogP contribution in [0.1, 0.15) is 24.2 Å². The summed E-state index contributed by atoms with van der Waals surface area (Å²) < 4.78 is 35.9. The first kappa shape index (κ1) is 21.1. The molecular formula is C16H24N2O6S. The van der Waals surface area contributed by atoms with Crippen molar-refractivity contribution in [2.45, 2.75) is 18.7 Å². The molecule has 0 aromatic heterocycles. The van der Waals surface area contributed by atoms with Crippen molar-refractivity contribution >= 4 is 21.9 Å². The number of sulfonamides is 1. The molecule has 1 rings (SSSR count). The number of carbonyl (C=O) groups excluding carboxylic acids is 2. The highest BCUT2D eigenvalue weighted by atomic mass is 32.2. The molecule has 1 amide bonds. The van der Waals surface area contributed by atoms with Crippen LogP contribution in [0.5, 0.6) is 0 Å². The quantitative estimate of drug-likeness (QED) is 0.478. The number of nitrogens with zero attached hydrogens (tertiary/aromatic N) is 1. The van der Waals surface area contributed by atoms with Crippen molar-refractivity contribution in [1.82, 2.24) is 9.62 Å². The summed E-state index contributed by atoms with van der Waals surface area (Å²) in [7, 11) is -2.17. The van der Waals surface area contributed by atoms with Gasteiger partial charge in [-0.05, 0) is 18.2 Å². The summed E-state index contributed by atoms with van der Waals surface area (Å²) in [6.07, 6.45) is 0. The first-order chi connectivity index (χ1) is 11.9. The third-order valence-electron chi connectivity index (χ3n) is 3.38. The van der Waals surface area contributed by atoms with Gasteiger partial charge in [0.15, 0.2) is 6.61 Å². The minimum Gasteiger partial charge on any atom is -0.452 e. The average Bonchev–Trinajstić information content (AvgIpc) is 2.60. The molecule has 0 bridgehead atoms. The van der Waals surface area contributed by atoms with E-state index in [1.54, 1.807) is 13.8 Å². The molecule has 0 aliphatic carbocycles. The second kappa shape index (κ2) is 10.1. The smallest absolute Gasteiger partial charge is 0.338 e. The largest absolute Gasteiger partial charge is 0.452 e. The molecule has 1 N–H and O–H groups in total. The van der Waals surface area contributed by atoms with Crippen LogP contribution in [0.25, 0.3) is 0 Å². The van der Waals surface area contributed by atoms with Crippen LogP contribution in [0.15, 0.2) is 29.2 Å². The van der Waals surface area contributed by atoms with Crippen molar-refractivity contribution in [1.29, 1.82) is 0 Å². The number of carbonyl (C=O) groups is 2. The maximum absolute atomic E-state index is 12.5. The van der Waals surface area contributed by atoms with Crippen LogP contribution in [0.3, 0.4) is 0 Å². The number of methoxy groups -OCH3 is 1. The number of hydrogen-bond donors (Lipinski definition) is 1. The zero-order chi connectivity index (χ0) is 18.9. The molecule has 1 aromatic carbocycles. The van der Waals surface area contributed by atoms with E-state index in [-0.39, 0.29) is 10.5 Å². The van der Waals surface area contributed by atoms with Gasteiger partial charge in [0.1, 0.15) is 0 Å². The summed E-state index contributed by atoms with van der Waals surface area (Å²) in [5.41, 5.74) is 0.0675. The van der Waals surface area contributed by atoms with Gasteiger partial charge >= 0.3 is 5.97 Å². The zero-order valence-corrected chi connectivity index (χ0v) is 15.5. The third-order valence-corrected chi connectivity index (χ3v) is 5.42. The molecule has 0 saturated carbocycles. The minimum absolute atomic E-state index is 0.00944. The van der Waals surface area contributed by atoms with E-state index in [1.165, 1.54) is 35.7 Å². The molecule has 0 aliphatic heterocycles. The summed E-state index contributed by atoms with van der Waals surface area (Å²) in [6, 6.07) is 5.57. The number of benzene rings is 1. The van der Waals surface area contributed by atoms with Crippen LogP contribution < -0.4 is 5.32 Å². The Morgan fingerprint density at radius 3 is 2.48 bits per heavy atom. The van der Waals surface area contributed by atoms with Gasteiger partial charge < -0.3 is 14.8 Å². The first-order valence-corrected chi connectivity index (χ1v) is 9.33. The highest BCUT2D eigenvalue weighted by molar-refractivity contribution is 7.89. The van der Waals surface area contributed by atoms with E-state index in [9.17, 15) is 18.0 Å². The van der Waals surface area contributed by atoms with Crippen molar-refractivity contribution in [3.63, 3.8) is 0 Å². The minimum atomic E-state index is -3.67. The van der Waals surface area contributed by atoms with Crippen molar-refractivity contribution in [3.05, 3.63) is 29.8 Å². The molecular weight excluding hydrogens is 348 g/mol.